The molecule has 2 saturated heterocycles. The normalized spacial score (nSPS) is 16.4. The smallest absolute Gasteiger partial charge is 0.379 e. The van der Waals surface area contributed by atoms with Crippen LogP contribution >= 0.6 is 23.2 Å². The number of alkyl halides is 6. The van der Waals surface area contributed by atoms with Crippen LogP contribution < -0.4 is 21.3 Å². The maximum atomic E-state index is 14.6. The Morgan fingerprint density at radius 1 is 0.597 bits per heavy atom. The number of urea groups is 2. The van der Waals surface area contributed by atoms with Crippen LogP contribution in [0.1, 0.15) is 77.9 Å². The topological polar surface area (TPSA) is 130 Å². The minimum atomic E-state index is -4.79. The first-order valence-electron chi connectivity index (χ1n) is 24.4. The lowest BCUT2D eigenvalue weighted by molar-refractivity contribution is -0.138. The van der Waals surface area contributed by atoms with Crippen LogP contribution in [-0.4, -0.2) is 85.6 Å². The van der Waals surface area contributed by atoms with Crippen LogP contribution in [0.3, 0.4) is 0 Å². The standard InChI is InChI=1S/C26H24ClF4N3O.C25H22ClF4N3O2.C4H9NO.CH4/c27-20-10-11-23(32-16-20)25(15-17-6-2-1-3-7-17,34-24(35)33-22-8-4-5-9-22)18-12-19(26(29,30)31)14-21(28)13-18;26-20-6-7-22(31-16-20)24(15-17-4-2-1-3-5-17,32-23(34)33-8-10-35-11-9-33)18-12-19(25(28,29)30)14-21(27)13-18;1-3-6-4-2-5-1;/h1-3,6-7,10-14,16,22H,4-5,8-9,15H2,(H2,33,34,35);1-7,12-14,16H,8-11,15H2,(H,32,34);5H,1-4H2;1H4. The molecule has 1 saturated carbocycles. The molecule has 77 heavy (non-hydrogen) atoms. The molecule has 3 aliphatic rings. The Bertz CT molecular complexity index is 2810. The van der Waals surface area contributed by atoms with Crippen molar-refractivity contribution in [3.63, 3.8) is 0 Å². The summed E-state index contributed by atoms with van der Waals surface area (Å²) in [7, 11) is 0. The fraction of sp³-hybridized carbons (Fsp3) is 0.357. The van der Waals surface area contributed by atoms with Crippen molar-refractivity contribution in [3.05, 3.63) is 200 Å². The van der Waals surface area contributed by atoms with E-state index >= 15 is 0 Å². The third-order valence-corrected chi connectivity index (χ3v) is 13.3. The summed E-state index contributed by atoms with van der Waals surface area (Å²) in [6.45, 7) is 5.10. The predicted octanol–water partition coefficient (Wildman–Crippen LogP) is 12.3. The molecule has 4 amide bonds. The number of morpholine rings is 2. The zero-order valence-corrected chi connectivity index (χ0v) is 42.4. The molecule has 4 aromatic carbocycles. The van der Waals surface area contributed by atoms with Gasteiger partial charge in [0.1, 0.15) is 22.7 Å². The molecule has 4 N–H and O–H groups in total. The molecular formula is C56H59Cl2F8N7O4. The van der Waals surface area contributed by atoms with Crippen LogP contribution in [-0.2, 0) is 45.7 Å². The lowest BCUT2D eigenvalue weighted by Crippen LogP contribution is -2.55. The molecule has 1 aliphatic carbocycles. The van der Waals surface area contributed by atoms with E-state index in [1.165, 1.54) is 41.6 Å². The highest BCUT2D eigenvalue weighted by molar-refractivity contribution is 6.30. The molecule has 2 atom stereocenters. The maximum Gasteiger partial charge on any atom is 0.416 e. The van der Waals surface area contributed by atoms with Gasteiger partial charge < -0.3 is 35.6 Å². The minimum Gasteiger partial charge on any atom is -0.379 e. The van der Waals surface area contributed by atoms with Crippen molar-refractivity contribution < 1.29 is 54.2 Å². The molecule has 0 radical (unpaired) electrons. The summed E-state index contributed by atoms with van der Waals surface area (Å²) in [4.78, 5) is 36.8. The van der Waals surface area contributed by atoms with E-state index in [1.807, 2.05) is 0 Å². The Balaban J connectivity index is 0.000000222. The van der Waals surface area contributed by atoms with E-state index in [1.54, 1.807) is 60.7 Å². The van der Waals surface area contributed by atoms with Gasteiger partial charge >= 0.3 is 24.4 Å². The second kappa shape index (κ2) is 27.3. The first-order valence-corrected chi connectivity index (χ1v) is 25.2. The van der Waals surface area contributed by atoms with Crippen LogP contribution in [0.5, 0.6) is 0 Å². The zero-order chi connectivity index (χ0) is 54.4. The van der Waals surface area contributed by atoms with Gasteiger partial charge in [-0.25, -0.2) is 18.4 Å². The molecule has 2 unspecified atom stereocenters. The highest BCUT2D eigenvalue weighted by atomic mass is 35.5. The fourth-order valence-corrected chi connectivity index (χ4v) is 9.35. The van der Waals surface area contributed by atoms with Gasteiger partial charge in [-0.15, -0.1) is 0 Å². The second-order valence-corrected chi connectivity index (χ2v) is 19.2. The number of ether oxygens (including phenoxy) is 2. The molecule has 2 aromatic heterocycles. The first-order chi connectivity index (χ1) is 36.3. The first kappa shape index (κ1) is 59.9. The second-order valence-electron chi connectivity index (χ2n) is 18.3. The zero-order valence-electron chi connectivity index (χ0n) is 40.9. The number of hydrogen-bond donors (Lipinski definition) is 4. The van der Waals surface area contributed by atoms with Crippen molar-refractivity contribution in [1.82, 2.24) is 36.1 Å². The van der Waals surface area contributed by atoms with Crippen molar-refractivity contribution in [2.45, 2.75) is 75.4 Å². The Kier molecular flexibility index (Phi) is 21.2. The molecule has 412 valence electrons. The maximum absolute atomic E-state index is 14.6. The Labute approximate surface area is 452 Å². The molecule has 2 aliphatic heterocycles. The van der Waals surface area contributed by atoms with Gasteiger partial charge in [0.05, 0.1) is 59.0 Å². The molecule has 11 nitrogen and oxygen atoms in total. The van der Waals surface area contributed by atoms with E-state index in [0.717, 1.165) is 76.3 Å². The molecule has 4 heterocycles. The Hall–Kier alpha value is -6.38. The molecule has 0 bridgehead atoms. The number of carbonyl (C=O) groups is 2. The minimum absolute atomic E-state index is 0. The fourth-order valence-electron chi connectivity index (χ4n) is 9.13. The van der Waals surface area contributed by atoms with E-state index < -0.39 is 58.3 Å². The summed E-state index contributed by atoms with van der Waals surface area (Å²) in [6, 6.07) is 27.3. The van der Waals surface area contributed by atoms with E-state index in [2.05, 4.69) is 31.2 Å². The highest BCUT2D eigenvalue weighted by Gasteiger charge is 2.43. The van der Waals surface area contributed by atoms with Gasteiger partial charge in [0.25, 0.3) is 0 Å². The lowest BCUT2D eigenvalue weighted by Gasteiger charge is -2.38. The van der Waals surface area contributed by atoms with Gasteiger partial charge in [-0.2, -0.15) is 26.3 Å². The summed E-state index contributed by atoms with van der Waals surface area (Å²) < 4.78 is 121. The molecular weight excluding hydrogens is 1060 g/mol. The molecule has 0 spiro atoms. The van der Waals surface area contributed by atoms with Crippen molar-refractivity contribution in [3.8, 4) is 0 Å². The van der Waals surface area contributed by atoms with Crippen LogP contribution in [0.2, 0.25) is 10.0 Å². The Morgan fingerprint density at radius 3 is 1.42 bits per heavy atom. The van der Waals surface area contributed by atoms with Crippen molar-refractivity contribution >= 4 is 35.3 Å². The van der Waals surface area contributed by atoms with Gasteiger partial charge in [0, 0.05) is 57.5 Å². The summed E-state index contributed by atoms with van der Waals surface area (Å²) in [5, 5.41) is 12.5. The quantitative estimate of drug-likeness (QED) is 0.0951. The number of benzene rings is 4. The van der Waals surface area contributed by atoms with Crippen LogP contribution in [0, 0.1) is 11.6 Å². The molecule has 3 fully saturated rings. The van der Waals surface area contributed by atoms with Crippen molar-refractivity contribution in [2.75, 3.05) is 52.6 Å². The molecule has 6 aromatic rings. The van der Waals surface area contributed by atoms with Crippen LogP contribution in [0.15, 0.2) is 134 Å². The number of halogens is 10. The average Bonchev–Trinajstić information content (AvgIpc) is 3.92. The largest absolute Gasteiger partial charge is 0.416 e. The van der Waals surface area contributed by atoms with Crippen molar-refractivity contribution in [1.29, 1.82) is 0 Å². The third kappa shape index (κ3) is 16.6. The summed E-state index contributed by atoms with van der Waals surface area (Å²) in [5.41, 5.74) is -3.89. The predicted molar refractivity (Wildman–Crippen MR) is 278 cm³/mol. The number of aromatic nitrogens is 2. The number of amides is 4. The van der Waals surface area contributed by atoms with E-state index in [9.17, 15) is 44.7 Å². The number of rotatable bonds is 11. The molecule has 9 rings (SSSR count). The van der Waals surface area contributed by atoms with Gasteiger partial charge in [0.2, 0.25) is 0 Å². The van der Waals surface area contributed by atoms with Gasteiger partial charge in [0.15, 0.2) is 0 Å². The SMILES string of the molecule is C.C1COCCN1.O=C(NC(Cc1ccccc1)(c1cc(F)cc(C(F)(F)F)c1)c1ccc(Cl)cn1)N1CCOCC1.O=C(NC1CCCC1)NC(Cc1ccccc1)(c1cc(F)cc(C(F)(F)F)c1)c1ccc(Cl)cn1. The lowest BCUT2D eigenvalue weighted by atomic mass is 9.79. The van der Waals surface area contributed by atoms with Gasteiger partial charge in [-0.3, -0.25) is 9.97 Å². The average molecular weight is 1120 g/mol. The highest BCUT2D eigenvalue weighted by Crippen LogP contribution is 2.40. The van der Waals surface area contributed by atoms with Crippen molar-refractivity contribution in [2.24, 2.45) is 0 Å². The van der Waals surface area contributed by atoms with Gasteiger partial charge in [-0.05, 0) is 95.8 Å². The number of nitrogens with zero attached hydrogens (tertiary/aromatic N) is 3. The summed E-state index contributed by atoms with van der Waals surface area (Å²) in [5.74, 6) is -2.15. The summed E-state index contributed by atoms with van der Waals surface area (Å²) >= 11 is 12.1. The number of carbonyl (C=O) groups excluding carboxylic acids is 2. The third-order valence-electron chi connectivity index (χ3n) is 12.9. The van der Waals surface area contributed by atoms with Gasteiger partial charge in [-0.1, -0.05) is 104 Å². The monoisotopic (exact) mass is 1120 g/mol. The van der Waals surface area contributed by atoms with E-state index in [-0.39, 0.29) is 48.8 Å². The summed E-state index contributed by atoms with van der Waals surface area (Å²) in [6.07, 6.45) is -3.26. The van der Waals surface area contributed by atoms with Crippen LogP contribution in [0.4, 0.5) is 44.7 Å². The van der Waals surface area contributed by atoms with E-state index in [4.69, 9.17) is 32.7 Å². The van der Waals surface area contributed by atoms with Crippen LogP contribution in [0.25, 0.3) is 0 Å². The number of pyridine rings is 2. The Morgan fingerprint density at radius 2 is 1.03 bits per heavy atom. The number of nitrogens with one attached hydrogen (secondary N) is 4. The number of hydrogen-bond acceptors (Lipinski definition) is 7. The molecule has 21 heteroatoms. The van der Waals surface area contributed by atoms with E-state index in [0.29, 0.717) is 59.6 Å².